The molecular weight excluding hydrogens is 152 g/mol. The van der Waals surface area contributed by atoms with E-state index in [1.165, 1.54) is 32.1 Å². The monoisotopic (exact) mass is 170 g/mol. The van der Waals surface area contributed by atoms with E-state index in [9.17, 15) is 0 Å². The van der Waals surface area contributed by atoms with Crippen LogP contribution in [-0.4, -0.2) is 24.9 Å². The Labute approximate surface area is 74.2 Å². The summed E-state index contributed by atoms with van der Waals surface area (Å²) in [6.45, 7) is 3.97. The van der Waals surface area contributed by atoms with Crippen molar-refractivity contribution in [3.63, 3.8) is 0 Å². The van der Waals surface area contributed by atoms with Gasteiger partial charge in [-0.1, -0.05) is 19.3 Å². The van der Waals surface area contributed by atoms with Gasteiger partial charge in [0.2, 0.25) is 0 Å². The van der Waals surface area contributed by atoms with E-state index in [0.717, 1.165) is 13.2 Å². The molecule has 1 aliphatic heterocycles. The van der Waals surface area contributed by atoms with Crippen molar-refractivity contribution in [2.75, 3.05) is 13.2 Å². The summed E-state index contributed by atoms with van der Waals surface area (Å²) < 4.78 is 11.0. The first kappa shape index (κ1) is 8.52. The Balaban J connectivity index is 1.73. The van der Waals surface area contributed by atoms with Crippen LogP contribution in [0.15, 0.2) is 0 Å². The summed E-state index contributed by atoms with van der Waals surface area (Å²) in [6.07, 6.45) is 6.95. The molecule has 0 aromatic heterocycles. The van der Waals surface area contributed by atoms with Gasteiger partial charge in [-0.3, -0.25) is 0 Å². The van der Waals surface area contributed by atoms with Crippen LogP contribution in [-0.2, 0) is 9.47 Å². The third kappa shape index (κ3) is 2.20. The predicted molar refractivity (Wildman–Crippen MR) is 47.2 cm³/mol. The lowest BCUT2D eigenvalue weighted by Crippen LogP contribution is -2.32. The quantitative estimate of drug-likeness (QED) is 0.605. The van der Waals surface area contributed by atoms with Crippen LogP contribution in [0, 0.1) is 0 Å². The van der Waals surface area contributed by atoms with Crippen molar-refractivity contribution in [3.8, 4) is 0 Å². The number of epoxide rings is 1. The summed E-state index contributed by atoms with van der Waals surface area (Å²) in [4.78, 5) is 0. The summed E-state index contributed by atoms with van der Waals surface area (Å²) in [5.41, 5.74) is 0.171. The van der Waals surface area contributed by atoms with Gasteiger partial charge >= 0.3 is 0 Å². The van der Waals surface area contributed by atoms with E-state index in [1.54, 1.807) is 0 Å². The first-order valence-corrected chi connectivity index (χ1v) is 5.04. The number of hydrogen-bond donors (Lipinski definition) is 0. The zero-order chi connectivity index (χ0) is 8.44. The molecule has 2 fully saturated rings. The molecule has 2 rings (SSSR count). The summed E-state index contributed by atoms with van der Waals surface area (Å²) in [5, 5.41) is 0. The van der Waals surface area contributed by atoms with Gasteiger partial charge in [-0.2, -0.15) is 0 Å². The van der Waals surface area contributed by atoms with Crippen molar-refractivity contribution in [3.05, 3.63) is 0 Å². The molecule has 1 saturated carbocycles. The van der Waals surface area contributed by atoms with Gasteiger partial charge < -0.3 is 9.47 Å². The molecule has 0 aromatic carbocycles. The molecule has 1 saturated heterocycles. The highest BCUT2D eigenvalue weighted by Crippen LogP contribution is 2.31. The van der Waals surface area contributed by atoms with Crippen LogP contribution in [0.25, 0.3) is 0 Å². The number of rotatable bonds is 3. The first-order chi connectivity index (χ1) is 5.79. The Bertz CT molecular complexity index is 146. The SMILES string of the molecule is CC1(OCC2CO2)CCCCC1. The van der Waals surface area contributed by atoms with Crippen LogP contribution in [0.3, 0.4) is 0 Å². The third-order valence-electron chi connectivity index (χ3n) is 2.93. The Morgan fingerprint density at radius 3 is 2.58 bits per heavy atom. The van der Waals surface area contributed by atoms with E-state index in [0.29, 0.717) is 6.10 Å². The van der Waals surface area contributed by atoms with E-state index >= 15 is 0 Å². The normalized spacial score (nSPS) is 33.2. The van der Waals surface area contributed by atoms with Crippen molar-refractivity contribution in [1.82, 2.24) is 0 Å². The summed E-state index contributed by atoms with van der Waals surface area (Å²) in [6, 6.07) is 0. The summed E-state index contributed by atoms with van der Waals surface area (Å²) in [5.74, 6) is 0. The van der Waals surface area contributed by atoms with Gasteiger partial charge in [-0.25, -0.2) is 0 Å². The van der Waals surface area contributed by atoms with E-state index in [1.807, 2.05) is 0 Å². The Kier molecular flexibility index (Phi) is 2.37. The minimum absolute atomic E-state index is 0.171. The van der Waals surface area contributed by atoms with Crippen molar-refractivity contribution < 1.29 is 9.47 Å². The molecule has 1 heterocycles. The predicted octanol–water partition coefficient (Wildman–Crippen LogP) is 2.12. The molecule has 0 aromatic rings. The maximum atomic E-state index is 5.87. The van der Waals surface area contributed by atoms with E-state index in [4.69, 9.17) is 9.47 Å². The maximum Gasteiger partial charge on any atom is 0.104 e. The smallest absolute Gasteiger partial charge is 0.104 e. The Morgan fingerprint density at radius 2 is 2.00 bits per heavy atom. The molecule has 0 radical (unpaired) electrons. The van der Waals surface area contributed by atoms with Gasteiger partial charge in [-0.15, -0.1) is 0 Å². The van der Waals surface area contributed by atoms with E-state index < -0.39 is 0 Å². The average molecular weight is 170 g/mol. The molecule has 2 heteroatoms. The zero-order valence-electron chi connectivity index (χ0n) is 7.84. The average Bonchev–Trinajstić information content (AvgIpc) is 2.85. The lowest BCUT2D eigenvalue weighted by atomic mass is 9.86. The van der Waals surface area contributed by atoms with Crippen LogP contribution in [0.5, 0.6) is 0 Å². The minimum atomic E-state index is 0.171. The molecule has 12 heavy (non-hydrogen) atoms. The lowest BCUT2D eigenvalue weighted by Gasteiger charge is -2.33. The van der Waals surface area contributed by atoms with Gasteiger partial charge in [0.15, 0.2) is 0 Å². The molecule has 0 bridgehead atoms. The summed E-state index contributed by atoms with van der Waals surface area (Å²) >= 11 is 0. The molecular formula is C10H18O2. The largest absolute Gasteiger partial charge is 0.373 e. The van der Waals surface area contributed by atoms with E-state index in [-0.39, 0.29) is 5.60 Å². The number of ether oxygens (including phenoxy) is 2. The molecule has 0 N–H and O–H groups in total. The lowest BCUT2D eigenvalue weighted by molar-refractivity contribution is -0.0612. The fourth-order valence-electron chi connectivity index (χ4n) is 1.90. The van der Waals surface area contributed by atoms with Gasteiger partial charge in [0.05, 0.1) is 18.8 Å². The van der Waals surface area contributed by atoms with Gasteiger partial charge in [-0.05, 0) is 19.8 Å². The van der Waals surface area contributed by atoms with Crippen LogP contribution in [0.2, 0.25) is 0 Å². The second-order valence-corrected chi connectivity index (χ2v) is 4.28. The van der Waals surface area contributed by atoms with Crippen molar-refractivity contribution >= 4 is 0 Å². The van der Waals surface area contributed by atoms with Crippen LogP contribution in [0.4, 0.5) is 0 Å². The van der Waals surface area contributed by atoms with Gasteiger partial charge in [0.1, 0.15) is 6.10 Å². The third-order valence-corrected chi connectivity index (χ3v) is 2.93. The van der Waals surface area contributed by atoms with Crippen molar-refractivity contribution in [2.24, 2.45) is 0 Å². The summed E-state index contributed by atoms with van der Waals surface area (Å²) in [7, 11) is 0. The van der Waals surface area contributed by atoms with E-state index in [2.05, 4.69) is 6.92 Å². The molecule has 2 nitrogen and oxygen atoms in total. The highest BCUT2D eigenvalue weighted by atomic mass is 16.6. The molecule has 70 valence electrons. The molecule has 2 aliphatic rings. The molecule has 1 atom stereocenters. The highest BCUT2D eigenvalue weighted by molar-refractivity contribution is 4.81. The number of hydrogen-bond acceptors (Lipinski definition) is 2. The molecule has 0 amide bonds. The second kappa shape index (κ2) is 3.35. The fourth-order valence-corrected chi connectivity index (χ4v) is 1.90. The van der Waals surface area contributed by atoms with Crippen LogP contribution in [0.1, 0.15) is 39.0 Å². The minimum Gasteiger partial charge on any atom is -0.373 e. The van der Waals surface area contributed by atoms with Crippen molar-refractivity contribution in [1.29, 1.82) is 0 Å². The maximum absolute atomic E-state index is 5.87. The second-order valence-electron chi connectivity index (χ2n) is 4.28. The first-order valence-electron chi connectivity index (χ1n) is 5.04. The van der Waals surface area contributed by atoms with Crippen LogP contribution >= 0.6 is 0 Å². The Hall–Kier alpha value is -0.0800. The van der Waals surface area contributed by atoms with Crippen molar-refractivity contribution in [2.45, 2.75) is 50.7 Å². The van der Waals surface area contributed by atoms with Gasteiger partial charge in [0, 0.05) is 0 Å². The topological polar surface area (TPSA) is 21.8 Å². The zero-order valence-corrected chi connectivity index (χ0v) is 7.84. The Morgan fingerprint density at radius 1 is 1.33 bits per heavy atom. The molecule has 0 spiro atoms. The molecule has 1 unspecified atom stereocenters. The molecule has 1 aliphatic carbocycles. The standard InChI is InChI=1S/C10H18O2/c1-10(5-3-2-4-6-10)12-8-9-7-11-9/h9H,2-8H2,1H3. The highest BCUT2D eigenvalue weighted by Gasteiger charge is 2.31. The van der Waals surface area contributed by atoms with Crippen LogP contribution < -0.4 is 0 Å². The fraction of sp³-hybridized carbons (Fsp3) is 1.00. The van der Waals surface area contributed by atoms with Gasteiger partial charge in [0.25, 0.3) is 0 Å².